The molecule has 0 aromatic heterocycles. The number of thioether (sulfide) groups is 1. The molecule has 7 heteroatoms. The summed E-state index contributed by atoms with van der Waals surface area (Å²) in [6.45, 7) is 4.00. The average molecular weight is 422 g/mol. The van der Waals surface area contributed by atoms with Crippen molar-refractivity contribution in [1.29, 1.82) is 0 Å². The number of hydrogen-bond acceptors (Lipinski definition) is 4. The number of benzene rings is 2. The van der Waals surface area contributed by atoms with Crippen molar-refractivity contribution in [2.45, 2.75) is 26.5 Å². The van der Waals surface area contributed by atoms with Crippen LogP contribution in [0.1, 0.15) is 25.0 Å². The summed E-state index contributed by atoms with van der Waals surface area (Å²) in [7, 11) is 0. The Balaban J connectivity index is 1.66. The molecule has 0 radical (unpaired) electrons. The molecule has 1 fully saturated rings. The quantitative estimate of drug-likeness (QED) is 0.553. The summed E-state index contributed by atoms with van der Waals surface area (Å²) >= 11 is 12.9. The van der Waals surface area contributed by atoms with Crippen molar-refractivity contribution in [1.82, 2.24) is 4.90 Å². The first kappa shape index (κ1) is 19.8. The standard InChI is InChI=1S/C20H17Cl2NO3S/c1-12(2)23-19(24)18(27-20(23)25)10-13-3-6-15(7-4-13)26-11-14-5-8-16(21)17(22)9-14/h3-10,12H,11H2,1-2H3. The first-order valence-corrected chi connectivity index (χ1v) is 9.86. The van der Waals surface area contributed by atoms with Gasteiger partial charge in [0.1, 0.15) is 12.4 Å². The number of ether oxygens (including phenoxy) is 1. The van der Waals surface area contributed by atoms with Crippen molar-refractivity contribution >= 4 is 52.2 Å². The molecule has 4 nitrogen and oxygen atoms in total. The molecule has 2 aromatic carbocycles. The molecule has 0 N–H and O–H groups in total. The molecule has 0 saturated carbocycles. The highest BCUT2D eigenvalue weighted by Gasteiger charge is 2.36. The Morgan fingerprint density at radius 3 is 2.37 bits per heavy atom. The maximum absolute atomic E-state index is 12.3. The van der Waals surface area contributed by atoms with Crippen LogP contribution in [0.3, 0.4) is 0 Å². The third-order valence-corrected chi connectivity index (χ3v) is 5.53. The van der Waals surface area contributed by atoms with Crippen LogP contribution in [0.2, 0.25) is 10.0 Å². The van der Waals surface area contributed by atoms with Gasteiger partial charge in [0.15, 0.2) is 0 Å². The van der Waals surface area contributed by atoms with Crippen LogP contribution in [-0.4, -0.2) is 22.1 Å². The number of nitrogens with zero attached hydrogens (tertiary/aromatic N) is 1. The van der Waals surface area contributed by atoms with Crippen LogP contribution in [0.15, 0.2) is 47.4 Å². The smallest absolute Gasteiger partial charge is 0.293 e. The van der Waals surface area contributed by atoms with Crippen LogP contribution < -0.4 is 4.74 Å². The summed E-state index contributed by atoms with van der Waals surface area (Å²) in [6, 6.07) is 12.5. The molecule has 1 aliphatic rings. The highest BCUT2D eigenvalue weighted by molar-refractivity contribution is 8.18. The predicted octanol–water partition coefficient (Wildman–Crippen LogP) is 6.02. The van der Waals surface area contributed by atoms with Crippen LogP contribution >= 0.6 is 35.0 Å². The van der Waals surface area contributed by atoms with Gasteiger partial charge in [-0.3, -0.25) is 14.5 Å². The van der Waals surface area contributed by atoms with E-state index in [-0.39, 0.29) is 17.2 Å². The van der Waals surface area contributed by atoms with Gasteiger partial charge in [0.05, 0.1) is 15.0 Å². The van der Waals surface area contributed by atoms with Gasteiger partial charge in [0.2, 0.25) is 0 Å². The third kappa shape index (κ3) is 4.67. The van der Waals surface area contributed by atoms with E-state index in [9.17, 15) is 9.59 Å². The number of imide groups is 1. The van der Waals surface area contributed by atoms with Crippen LogP contribution in [0.25, 0.3) is 6.08 Å². The van der Waals surface area contributed by atoms with E-state index < -0.39 is 0 Å². The molecule has 0 atom stereocenters. The summed E-state index contributed by atoms with van der Waals surface area (Å²) < 4.78 is 5.74. The van der Waals surface area contributed by atoms with E-state index in [0.29, 0.717) is 27.3 Å². The van der Waals surface area contributed by atoms with Crippen molar-refractivity contribution in [3.63, 3.8) is 0 Å². The van der Waals surface area contributed by atoms with Crippen molar-refractivity contribution in [3.8, 4) is 5.75 Å². The Labute approximate surface area is 172 Å². The largest absolute Gasteiger partial charge is 0.489 e. The first-order chi connectivity index (χ1) is 12.8. The lowest BCUT2D eigenvalue weighted by Crippen LogP contribution is -2.34. The van der Waals surface area contributed by atoms with Gasteiger partial charge >= 0.3 is 0 Å². The van der Waals surface area contributed by atoms with Crippen LogP contribution in [0.5, 0.6) is 5.75 Å². The number of carbonyl (C=O) groups is 2. The molecule has 3 rings (SSSR count). The van der Waals surface area contributed by atoms with Gasteiger partial charge in [-0.25, -0.2) is 0 Å². The zero-order chi connectivity index (χ0) is 19.6. The highest BCUT2D eigenvalue weighted by atomic mass is 35.5. The van der Waals surface area contributed by atoms with E-state index in [1.54, 1.807) is 18.2 Å². The Kier molecular flexibility index (Phi) is 6.15. The fraction of sp³-hybridized carbons (Fsp3) is 0.200. The lowest BCUT2D eigenvalue weighted by Gasteiger charge is -2.16. The van der Waals surface area contributed by atoms with Gasteiger partial charge in [-0.05, 0) is 67.1 Å². The fourth-order valence-electron chi connectivity index (χ4n) is 2.53. The molecule has 2 aromatic rings. The molecule has 1 aliphatic heterocycles. The van der Waals surface area contributed by atoms with Gasteiger partial charge in [0, 0.05) is 6.04 Å². The zero-order valence-electron chi connectivity index (χ0n) is 14.7. The SMILES string of the molecule is CC(C)N1C(=O)SC(=Cc2ccc(OCc3ccc(Cl)c(Cl)c3)cc2)C1=O. The van der Waals surface area contributed by atoms with Crippen LogP contribution in [0, 0.1) is 0 Å². The maximum atomic E-state index is 12.3. The minimum atomic E-state index is -0.250. The molecule has 27 heavy (non-hydrogen) atoms. The maximum Gasteiger partial charge on any atom is 0.293 e. The predicted molar refractivity (Wildman–Crippen MR) is 110 cm³/mol. The minimum Gasteiger partial charge on any atom is -0.489 e. The Morgan fingerprint density at radius 1 is 1.07 bits per heavy atom. The van der Waals surface area contributed by atoms with Gasteiger partial charge in [0.25, 0.3) is 11.1 Å². The second-order valence-electron chi connectivity index (χ2n) is 6.25. The summed E-state index contributed by atoms with van der Waals surface area (Å²) in [5.41, 5.74) is 1.74. The first-order valence-electron chi connectivity index (χ1n) is 8.29. The fourth-order valence-corrected chi connectivity index (χ4v) is 3.81. The van der Waals surface area contributed by atoms with Gasteiger partial charge in [-0.15, -0.1) is 0 Å². The Hall–Kier alpha value is -1.95. The molecule has 2 amide bonds. The van der Waals surface area contributed by atoms with Crippen LogP contribution in [0.4, 0.5) is 4.79 Å². The number of halogens is 2. The molecule has 0 spiro atoms. The molecule has 0 bridgehead atoms. The summed E-state index contributed by atoms with van der Waals surface area (Å²) in [4.78, 5) is 25.9. The number of amides is 2. The lowest BCUT2D eigenvalue weighted by atomic mass is 10.2. The van der Waals surface area contributed by atoms with E-state index >= 15 is 0 Å². The lowest BCUT2D eigenvalue weighted by molar-refractivity contribution is -0.123. The molecule has 1 saturated heterocycles. The minimum absolute atomic E-state index is 0.152. The number of rotatable bonds is 5. The van der Waals surface area contributed by atoms with Crippen molar-refractivity contribution in [2.75, 3.05) is 0 Å². The monoisotopic (exact) mass is 421 g/mol. The van der Waals surface area contributed by atoms with Crippen molar-refractivity contribution < 1.29 is 14.3 Å². The number of carbonyl (C=O) groups excluding carboxylic acids is 2. The second-order valence-corrected chi connectivity index (χ2v) is 8.06. The topological polar surface area (TPSA) is 46.6 Å². The van der Waals surface area contributed by atoms with Crippen LogP contribution in [-0.2, 0) is 11.4 Å². The molecule has 0 unspecified atom stereocenters. The van der Waals surface area contributed by atoms with E-state index in [4.69, 9.17) is 27.9 Å². The zero-order valence-corrected chi connectivity index (χ0v) is 17.1. The van der Waals surface area contributed by atoms with E-state index in [2.05, 4.69) is 0 Å². The average Bonchev–Trinajstić information content (AvgIpc) is 2.91. The van der Waals surface area contributed by atoms with Gasteiger partial charge in [-0.2, -0.15) is 0 Å². The summed E-state index contributed by atoms with van der Waals surface area (Å²) in [6.07, 6.45) is 1.72. The molecule has 1 heterocycles. The molecule has 140 valence electrons. The molecular weight excluding hydrogens is 405 g/mol. The van der Waals surface area contributed by atoms with E-state index in [1.807, 2.05) is 44.2 Å². The Bertz CT molecular complexity index is 910. The number of hydrogen-bond donors (Lipinski definition) is 0. The third-order valence-electron chi connectivity index (χ3n) is 3.91. The van der Waals surface area contributed by atoms with Gasteiger partial charge in [-0.1, -0.05) is 41.4 Å². The summed E-state index contributed by atoms with van der Waals surface area (Å²) in [5, 5.41) is 0.762. The molecular formula is C20H17Cl2NO3S. The van der Waals surface area contributed by atoms with E-state index in [0.717, 1.165) is 22.9 Å². The second kappa shape index (κ2) is 8.38. The Morgan fingerprint density at radius 2 is 1.78 bits per heavy atom. The van der Waals surface area contributed by atoms with Gasteiger partial charge < -0.3 is 4.74 Å². The van der Waals surface area contributed by atoms with E-state index in [1.165, 1.54) is 4.90 Å². The molecule has 0 aliphatic carbocycles. The summed E-state index contributed by atoms with van der Waals surface area (Å²) in [5.74, 6) is 0.438. The van der Waals surface area contributed by atoms with Crippen molar-refractivity contribution in [3.05, 3.63) is 68.5 Å². The normalized spacial score (nSPS) is 15.9. The highest BCUT2D eigenvalue weighted by Crippen LogP contribution is 2.33. The van der Waals surface area contributed by atoms with Crippen molar-refractivity contribution in [2.24, 2.45) is 0 Å².